The van der Waals surface area contributed by atoms with Crippen LogP contribution in [-0.4, -0.2) is 38.7 Å². The van der Waals surface area contributed by atoms with E-state index in [1.165, 1.54) is 11.3 Å². The average Bonchev–Trinajstić information content (AvgIpc) is 3.17. The third-order valence-electron chi connectivity index (χ3n) is 3.78. The van der Waals surface area contributed by atoms with Crippen molar-refractivity contribution in [3.63, 3.8) is 0 Å². The largest absolute Gasteiger partial charge is 0.391 e. The Morgan fingerprint density at radius 1 is 1.59 bits per heavy atom. The van der Waals surface area contributed by atoms with Crippen molar-refractivity contribution >= 4 is 28.8 Å². The summed E-state index contributed by atoms with van der Waals surface area (Å²) < 4.78 is 5.83. The Morgan fingerprint density at radius 2 is 2.36 bits per heavy atom. The first-order valence-electron chi connectivity index (χ1n) is 6.99. The van der Waals surface area contributed by atoms with Gasteiger partial charge in [-0.25, -0.2) is 0 Å². The molecule has 2 aromatic heterocycles. The molecular formula is C14H16ClN3O3S. The third-order valence-corrected chi connectivity index (χ3v) is 5.20. The van der Waals surface area contributed by atoms with Crippen LogP contribution in [0.2, 0.25) is 4.34 Å². The van der Waals surface area contributed by atoms with E-state index in [2.05, 4.69) is 10.1 Å². The first-order chi connectivity index (χ1) is 10.5. The molecule has 0 aromatic carbocycles. The monoisotopic (exact) mass is 341 g/mol. The van der Waals surface area contributed by atoms with Crippen molar-refractivity contribution in [3.05, 3.63) is 33.1 Å². The Kier molecular flexibility index (Phi) is 4.20. The Balaban J connectivity index is 1.83. The van der Waals surface area contributed by atoms with E-state index in [9.17, 15) is 9.90 Å². The zero-order valence-electron chi connectivity index (χ0n) is 12.2. The van der Waals surface area contributed by atoms with Crippen LogP contribution >= 0.6 is 22.9 Å². The highest BCUT2D eigenvalue weighted by Gasteiger charge is 2.40. The maximum absolute atomic E-state index is 12.8. The molecule has 0 bridgehead atoms. The fourth-order valence-electron chi connectivity index (χ4n) is 2.67. The first kappa shape index (κ1) is 15.5. The minimum atomic E-state index is -0.583. The smallest absolute Gasteiger partial charge is 0.249 e. The summed E-state index contributed by atoms with van der Waals surface area (Å²) in [6.07, 6.45) is -0.175. The van der Waals surface area contributed by atoms with Gasteiger partial charge >= 0.3 is 0 Å². The van der Waals surface area contributed by atoms with E-state index in [4.69, 9.17) is 16.1 Å². The Hall–Kier alpha value is -1.44. The Bertz CT molecular complexity index is 686. The fraction of sp³-hybridized carbons (Fsp3) is 0.500. The normalized spacial score (nSPS) is 23.0. The number of aromatic nitrogens is 2. The van der Waals surface area contributed by atoms with Crippen LogP contribution in [0.1, 0.15) is 41.9 Å². The predicted octanol–water partition coefficient (Wildman–Crippen LogP) is 2.53. The van der Waals surface area contributed by atoms with Gasteiger partial charge in [0.2, 0.25) is 11.8 Å². The minimum Gasteiger partial charge on any atom is -0.391 e. The number of carbonyl (C=O) groups is 1. The second-order valence-electron chi connectivity index (χ2n) is 5.44. The third kappa shape index (κ3) is 2.88. The highest BCUT2D eigenvalue weighted by Crippen LogP contribution is 2.36. The molecule has 3 rings (SSSR count). The minimum absolute atomic E-state index is 0.0732. The summed E-state index contributed by atoms with van der Waals surface area (Å²) in [7, 11) is 0. The quantitative estimate of drug-likeness (QED) is 0.928. The zero-order valence-corrected chi connectivity index (χ0v) is 13.8. The van der Waals surface area contributed by atoms with Crippen molar-refractivity contribution in [2.24, 2.45) is 0 Å². The van der Waals surface area contributed by atoms with Gasteiger partial charge in [0.05, 0.1) is 16.4 Å². The SMILES string of the molecule is Cc1noc([C@H]2C[C@H](O)CN2C(=O)C(C)c2ccc(Cl)s2)n1. The molecule has 1 amide bonds. The lowest BCUT2D eigenvalue weighted by atomic mass is 10.1. The first-order valence-corrected chi connectivity index (χ1v) is 8.19. The summed E-state index contributed by atoms with van der Waals surface area (Å²) in [5.74, 6) is 0.492. The molecule has 1 aliphatic heterocycles. The van der Waals surface area contributed by atoms with Crippen molar-refractivity contribution in [2.45, 2.75) is 38.3 Å². The van der Waals surface area contributed by atoms with E-state index < -0.39 is 6.10 Å². The van der Waals surface area contributed by atoms with E-state index in [0.29, 0.717) is 22.5 Å². The molecule has 118 valence electrons. The lowest BCUT2D eigenvalue weighted by Gasteiger charge is -2.24. The number of hydrogen-bond donors (Lipinski definition) is 1. The number of nitrogens with zero attached hydrogens (tertiary/aromatic N) is 3. The molecule has 6 nitrogen and oxygen atoms in total. The molecule has 2 aromatic rings. The van der Waals surface area contributed by atoms with Crippen LogP contribution in [0.5, 0.6) is 0 Å². The van der Waals surface area contributed by atoms with Gasteiger partial charge in [0, 0.05) is 17.8 Å². The number of amides is 1. The fourth-order valence-corrected chi connectivity index (χ4v) is 3.78. The average molecular weight is 342 g/mol. The van der Waals surface area contributed by atoms with E-state index in [0.717, 1.165) is 4.88 Å². The molecule has 1 aliphatic rings. The van der Waals surface area contributed by atoms with Crippen molar-refractivity contribution in [2.75, 3.05) is 6.54 Å². The molecule has 0 saturated carbocycles. The van der Waals surface area contributed by atoms with Crippen LogP contribution in [0.3, 0.4) is 0 Å². The summed E-state index contributed by atoms with van der Waals surface area (Å²) in [5.41, 5.74) is 0. The van der Waals surface area contributed by atoms with Crippen molar-refractivity contribution in [3.8, 4) is 0 Å². The lowest BCUT2D eigenvalue weighted by Crippen LogP contribution is -2.34. The summed E-state index contributed by atoms with van der Waals surface area (Å²) >= 11 is 7.33. The van der Waals surface area contributed by atoms with E-state index >= 15 is 0 Å². The van der Waals surface area contributed by atoms with Gasteiger partial charge in [-0.3, -0.25) is 4.79 Å². The van der Waals surface area contributed by atoms with Crippen LogP contribution in [0.4, 0.5) is 0 Å². The summed E-state index contributed by atoms with van der Waals surface area (Å²) in [4.78, 5) is 19.5. The molecule has 1 fully saturated rings. The van der Waals surface area contributed by atoms with Crippen molar-refractivity contribution < 1.29 is 14.4 Å². The molecule has 8 heteroatoms. The number of aliphatic hydroxyl groups is 1. The van der Waals surface area contributed by atoms with Crippen LogP contribution in [0.25, 0.3) is 0 Å². The molecule has 3 atom stereocenters. The number of rotatable bonds is 3. The number of likely N-dealkylation sites (tertiary alicyclic amines) is 1. The van der Waals surface area contributed by atoms with Crippen LogP contribution in [-0.2, 0) is 4.79 Å². The number of aliphatic hydroxyl groups excluding tert-OH is 1. The topological polar surface area (TPSA) is 79.5 Å². The Morgan fingerprint density at radius 3 is 2.95 bits per heavy atom. The number of aryl methyl sites for hydroxylation is 1. The molecule has 3 heterocycles. The van der Waals surface area contributed by atoms with Crippen LogP contribution in [0, 0.1) is 6.92 Å². The second kappa shape index (κ2) is 5.98. The second-order valence-corrected chi connectivity index (χ2v) is 7.19. The van der Waals surface area contributed by atoms with E-state index in [1.807, 2.05) is 13.0 Å². The summed E-state index contributed by atoms with van der Waals surface area (Å²) in [6.45, 7) is 3.83. The molecule has 0 spiro atoms. The maximum atomic E-state index is 12.8. The number of carbonyl (C=O) groups excluding carboxylic acids is 1. The van der Waals surface area contributed by atoms with Crippen LogP contribution in [0.15, 0.2) is 16.7 Å². The van der Waals surface area contributed by atoms with Gasteiger partial charge in [0.25, 0.3) is 0 Å². The van der Waals surface area contributed by atoms with Gasteiger partial charge in [-0.05, 0) is 26.0 Å². The number of β-amino-alcohol motifs (C(OH)–C–C–N with tert-alkyl or cyclic N) is 1. The zero-order chi connectivity index (χ0) is 15.9. The molecule has 1 N–H and O–H groups in total. The van der Waals surface area contributed by atoms with Gasteiger partial charge < -0.3 is 14.5 Å². The Labute approximate surface area is 136 Å². The predicted molar refractivity (Wildman–Crippen MR) is 81.9 cm³/mol. The number of halogens is 1. The van der Waals surface area contributed by atoms with E-state index in [-0.39, 0.29) is 24.4 Å². The highest BCUT2D eigenvalue weighted by molar-refractivity contribution is 7.16. The molecule has 1 saturated heterocycles. The summed E-state index contributed by atoms with van der Waals surface area (Å²) in [5, 5.41) is 13.7. The molecule has 1 unspecified atom stereocenters. The van der Waals surface area contributed by atoms with Gasteiger partial charge in [-0.1, -0.05) is 16.8 Å². The van der Waals surface area contributed by atoms with E-state index in [1.54, 1.807) is 17.9 Å². The molecular weight excluding hydrogens is 326 g/mol. The summed E-state index contributed by atoms with van der Waals surface area (Å²) in [6, 6.07) is 3.26. The van der Waals surface area contributed by atoms with Gasteiger partial charge in [0.15, 0.2) is 5.82 Å². The van der Waals surface area contributed by atoms with Gasteiger partial charge in [0.1, 0.15) is 6.04 Å². The van der Waals surface area contributed by atoms with Crippen molar-refractivity contribution in [1.82, 2.24) is 15.0 Å². The van der Waals surface area contributed by atoms with Crippen molar-refractivity contribution in [1.29, 1.82) is 0 Å². The highest BCUT2D eigenvalue weighted by atomic mass is 35.5. The number of hydrogen-bond acceptors (Lipinski definition) is 6. The molecule has 0 aliphatic carbocycles. The molecule has 0 radical (unpaired) electrons. The maximum Gasteiger partial charge on any atom is 0.249 e. The van der Waals surface area contributed by atoms with Gasteiger partial charge in [-0.15, -0.1) is 11.3 Å². The van der Waals surface area contributed by atoms with Crippen LogP contribution < -0.4 is 0 Å². The van der Waals surface area contributed by atoms with Gasteiger partial charge in [-0.2, -0.15) is 4.98 Å². The standard InChI is InChI=1S/C14H16ClN3O3S/c1-7(11-3-4-12(15)22-11)14(20)18-6-9(19)5-10(18)13-16-8(2)17-21-13/h3-4,7,9-10,19H,5-6H2,1-2H3/t7?,9-,10+/m0/s1. The lowest BCUT2D eigenvalue weighted by molar-refractivity contribution is -0.134. The number of thiophene rings is 1. The molecule has 22 heavy (non-hydrogen) atoms.